The molecule has 0 saturated carbocycles. The predicted molar refractivity (Wildman–Crippen MR) is 74.2 cm³/mol. The summed E-state index contributed by atoms with van der Waals surface area (Å²) in [5.74, 6) is -0.514. The Hall–Kier alpha value is -1.69. The lowest BCUT2D eigenvalue weighted by molar-refractivity contribution is 0.537. The minimum absolute atomic E-state index is 0.146. The van der Waals surface area contributed by atoms with Crippen LogP contribution in [0.3, 0.4) is 0 Å². The van der Waals surface area contributed by atoms with E-state index in [4.69, 9.17) is 0 Å². The number of carbonyl (C=O) groups excluding carboxylic acids is 1. The Balaban J connectivity index is 2.33. The molecule has 0 amide bonds. The summed E-state index contributed by atoms with van der Waals surface area (Å²) >= 11 is 1.29. The number of imidazole rings is 1. The van der Waals surface area contributed by atoms with Gasteiger partial charge in [-0.05, 0) is 18.1 Å². The number of carbonyl (C=O) groups is 1. The molecule has 1 aromatic carbocycles. The van der Waals surface area contributed by atoms with Crippen molar-refractivity contribution < 1.29 is 13.6 Å². The number of hydrogen-bond acceptors (Lipinski definition) is 3. The molecule has 0 fully saturated rings. The maximum absolute atomic E-state index is 13.2. The van der Waals surface area contributed by atoms with Gasteiger partial charge >= 0.3 is 0 Å². The smallest absolute Gasteiger partial charge is 0.219 e. The van der Waals surface area contributed by atoms with E-state index in [1.165, 1.54) is 34.7 Å². The highest BCUT2D eigenvalue weighted by Crippen LogP contribution is 2.40. The molecule has 0 bridgehead atoms. The van der Waals surface area contributed by atoms with E-state index < -0.39 is 11.6 Å². The highest BCUT2D eigenvalue weighted by atomic mass is 32.2. The first-order chi connectivity index (χ1) is 9.51. The monoisotopic (exact) mass is 296 g/mol. The fraction of sp³-hybridized carbons (Fsp3) is 0.286. The van der Waals surface area contributed by atoms with E-state index >= 15 is 0 Å². The van der Waals surface area contributed by atoms with Crippen LogP contribution in [-0.4, -0.2) is 16.0 Å². The van der Waals surface area contributed by atoms with Crippen molar-refractivity contribution in [1.29, 1.82) is 0 Å². The third-order valence-corrected chi connectivity index (χ3v) is 4.29. The van der Waals surface area contributed by atoms with Crippen LogP contribution in [0.5, 0.6) is 0 Å². The van der Waals surface area contributed by atoms with Gasteiger partial charge in [0.25, 0.3) is 0 Å². The van der Waals surface area contributed by atoms with E-state index in [0.29, 0.717) is 17.1 Å². The second-order valence-electron chi connectivity index (χ2n) is 4.69. The van der Waals surface area contributed by atoms with Gasteiger partial charge in [-0.15, -0.1) is 11.8 Å². The zero-order chi connectivity index (χ0) is 14.7. The van der Waals surface area contributed by atoms with Gasteiger partial charge in [0.1, 0.15) is 17.5 Å². The number of nitrogens with zero attached hydrogens (tertiary/aromatic N) is 2. The highest BCUT2D eigenvalue weighted by Gasteiger charge is 2.22. The minimum atomic E-state index is -0.617. The number of thioether (sulfide) groups is 1. The van der Waals surface area contributed by atoms with Crippen LogP contribution < -0.4 is 0 Å². The Bertz CT molecular complexity index is 593. The van der Waals surface area contributed by atoms with Crippen molar-refractivity contribution in [2.45, 2.75) is 24.0 Å². The Morgan fingerprint density at radius 1 is 1.25 bits per heavy atom. The second kappa shape index (κ2) is 6.17. The maximum Gasteiger partial charge on any atom is 0.219 e. The Morgan fingerprint density at radius 2 is 1.90 bits per heavy atom. The molecule has 0 N–H and O–H groups in total. The third kappa shape index (κ3) is 3.25. The lowest BCUT2D eigenvalue weighted by atomic mass is 10.1. The Morgan fingerprint density at radius 3 is 2.45 bits per heavy atom. The van der Waals surface area contributed by atoms with Crippen LogP contribution in [0.15, 0.2) is 35.5 Å². The first-order valence-corrected chi connectivity index (χ1v) is 7.00. The largest absolute Gasteiger partial charge is 0.278 e. The van der Waals surface area contributed by atoms with Crippen molar-refractivity contribution in [2.24, 2.45) is 5.92 Å². The summed E-state index contributed by atoms with van der Waals surface area (Å²) in [7, 11) is 0. The molecule has 0 aliphatic carbocycles. The normalized spacial score (nSPS) is 12.7. The van der Waals surface area contributed by atoms with Crippen molar-refractivity contribution in [2.75, 3.05) is 0 Å². The average Bonchev–Trinajstić information content (AvgIpc) is 2.82. The number of hydrogen-bond donors (Lipinski definition) is 0. The summed E-state index contributed by atoms with van der Waals surface area (Å²) in [6.07, 6.45) is 3.76. The Labute approximate surface area is 120 Å². The highest BCUT2D eigenvalue weighted by molar-refractivity contribution is 7.99. The average molecular weight is 296 g/mol. The van der Waals surface area contributed by atoms with E-state index in [9.17, 15) is 13.6 Å². The molecule has 2 aromatic rings. The van der Waals surface area contributed by atoms with Crippen molar-refractivity contribution in [3.8, 4) is 0 Å². The lowest BCUT2D eigenvalue weighted by Gasteiger charge is -2.19. The van der Waals surface area contributed by atoms with Crippen molar-refractivity contribution >= 4 is 18.2 Å². The summed E-state index contributed by atoms with van der Waals surface area (Å²) in [5.41, 5.74) is 0. The number of benzene rings is 1. The van der Waals surface area contributed by atoms with E-state index in [1.807, 2.05) is 13.8 Å². The van der Waals surface area contributed by atoms with Crippen molar-refractivity contribution in [3.63, 3.8) is 0 Å². The quantitative estimate of drug-likeness (QED) is 0.623. The zero-order valence-electron chi connectivity index (χ0n) is 11.1. The molecule has 1 aromatic heterocycles. The van der Waals surface area contributed by atoms with Crippen LogP contribution in [0.1, 0.15) is 24.9 Å². The zero-order valence-corrected chi connectivity index (χ0v) is 11.9. The molecular formula is C14H14F2N2OS. The molecule has 2 rings (SSSR count). The molecule has 0 radical (unpaired) electrons. The summed E-state index contributed by atoms with van der Waals surface area (Å²) in [5, 5.41) is -0.170. The Kier molecular flexibility index (Phi) is 4.54. The second-order valence-corrected chi connectivity index (χ2v) is 5.90. The SMILES string of the molecule is CC(C)C(Sc1cc(F)cc(F)c1)c1nccn1C=O. The topological polar surface area (TPSA) is 34.9 Å². The summed E-state index contributed by atoms with van der Waals surface area (Å²) in [4.78, 5) is 15.6. The molecule has 106 valence electrons. The molecule has 0 aliphatic heterocycles. The van der Waals surface area contributed by atoms with Gasteiger partial charge in [0.2, 0.25) is 6.41 Å². The van der Waals surface area contributed by atoms with Crippen LogP contribution in [0, 0.1) is 17.6 Å². The van der Waals surface area contributed by atoms with Crippen molar-refractivity contribution in [3.05, 3.63) is 48.1 Å². The van der Waals surface area contributed by atoms with Crippen LogP contribution in [-0.2, 0) is 4.79 Å². The van der Waals surface area contributed by atoms with E-state index in [2.05, 4.69) is 4.98 Å². The van der Waals surface area contributed by atoms with E-state index in [-0.39, 0.29) is 11.2 Å². The fourth-order valence-corrected chi connectivity index (χ4v) is 3.08. The van der Waals surface area contributed by atoms with Gasteiger partial charge in [-0.2, -0.15) is 0 Å². The molecule has 0 saturated heterocycles. The summed E-state index contributed by atoms with van der Waals surface area (Å²) in [6, 6.07) is 3.38. The number of rotatable bonds is 5. The predicted octanol–water partition coefficient (Wildman–Crippen LogP) is 3.69. The van der Waals surface area contributed by atoms with Gasteiger partial charge in [-0.25, -0.2) is 13.8 Å². The van der Waals surface area contributed by atoms with Gasteiger partial charge in [0, 0.05) is 23.4 Å². The van der Waals surface area contributed by atoms with Crippen LogP contribution in [0.25, 0.3) is 0 Å². The molecule has 3 nitrogen and oxygen atoms in total. The fourth-order valence-electron chi connectivity index (χ4n) is 1.86. The summed E-state index contributed by atoms with van der Waals surface area (Å²) in [6.45, 7) is 3.94. The van der Waals surface area contributed by atoms with Crippen LogP contribution >= 0.6 is 11.8 Å². The molecule has 1 atom stereocenters. The minimum Gasteiger partial charge on any atom is -0.278 e. The van der Waals surface area contributed by atoms with Gasteiger partial charge in [0.15, 0.2) is 0 Å². The van der Waals surface area contributed by atoms with Gasteiger partial charge in [0.05, 0.1) is 5.25 Å². The third-order valence-electron chi connectivity index (χ3n) is 2.77. The molecule has 20 heavy (non-hydrogen) atoms. The van der Waals surface area contributed by atoms with Gasteiger partial charge in [-0.3, -0.25) is 9.36 Å². The van der Waals surface area contributed by atoms with Crippen LogP contribution in [0.4, 0.5) is 8.78 Å². The molecule has 1 heterocycles. The summed E-state index contributed by atoms with van der Waals surface area (Å²) < 4.78 is 27.9. The standard InChI is InChI=1S/C14H14F2N2OS/c1-9(2)13(14-17-3-4-18(14)8-19)20-12-6-10(15)5-11(16)7-12/h3-9,13H,1-2H3. The van der Waals surface area contributed by atoms with Gasteiger partial charge in [-0.1, -0.05) is 13.8 Å². The number of halogens is 2. The molecule has 0 aliphatic rings. The number of aromatic nitrogens is 2. The maximum atomic E-state index is 13.2. The van der Waals surface area contributed by atoms with E-state index in [1.54, 1.807) is 6.20 Å². The molecule has 6 heteroatoms. The van der Waals surface area contributed by atoms with Crippen LogP contribution in [0.2, 0.25) is 0 Å². The first-order valence-electron chi connectivity index (χ1n) is 6.12. The van der Waals surface area contributed by atoms with Gasteiger partial charge < -0.3 is 0 Å². The van der Waals surface area contributed by atoms with E-state index in [0.717, 1.165) is 6.07 Å². The molecular weight excluding hydrogens is 282 g/mol. The lowest BCUT2D eigenvalue weighted by Crippen LogP contribution is -2.10. The van der Waals surface area contributed by atoms with Crippen molar-refractivity contribution in [1.82, 2.24) is 9.55 Å². The first kappa shape index (κ1) is 14.7. The molecule has 1 unspecified atom stereocenters. The molecule has 0 spiro atoms.